The van der Waals surface area contributed by atoms with Crippen molar-refractivity contribution < 1.29 is 29.6 Å². The highest BCUT2D eigenvalue weighted by atomic mass is 16.5. The lowest BCUT2D eigenvalue weighted by Gasteiger charge is -2.38. The molecule has 1 aliphatic rings. The van der Waals surface area contributed by atoms with Crippen molar-refractivity contribution in [3.63, 3.8) is 0 Å². The lowest BCUT2D eigenvalue weighted by Crippen LogP contribution is -2.48. The molecule has 0 unspecified atom stereocenters. The van der Waals surface area contributed by atoms with Crippen LogP contribution < -0.4 is 15.0 Å². The summed E-state index contributed by atoms with van der Waals surface area (Å²) in [5.41, 5.74) is 5.62. The average Bonchev–Trinajstić information content (AvgIpc) is 2.89. The largest absolute Gasteiger partial charge is 0.487 e. The number of fused-ring (bicyclic) bond motifs is 1. The van der Waals surface area contributed by atoms with Crippen LogP contribution in [-0.4, -0.2) is 45.9 Å². The third-order valence-corrected chi connectivity index (χ3v) is 6.37. The number of carboxylic acid groups (broad SMARTS) is 2. The summed E-state index contributed by atoms with van der Waals surface area (Å²) >= 11 is 0. The second-order valence-corrected chi connectivity index (χ2v) is 10.7. The maximum absolute atomic E-state index is 11.3. The Labute approximate surface area is 229 Å². The van der Waals surface area contributed by atoms with Gasteiger partial charge in [-0.1, -0.05) is 66.7 Å². The standard InChI is InChI=1S/C29H36N2O2.C2H2O4/c1-29(2,3)30-25-17-15-23-24(28(25)32)16-18-26(33-20-22-13-9-6-10-14-22)27(23)31(4)19-21-11-7-5-8-12-21;3-1(4)2(5)6/h5-14,16,18,25,28,30,32H,15,17,19-20H2,1-4H3;(H,3,4)(H,5,6)/t25-,28+;/m1./s1. The molecule has 3 aromatic carbocycles. The van der Waals surface area contributed by atoms with Gasteiger partial charge in [0.15, 0.2) is 0 Å². The fourth-order valence-corrected chi connectivity index (χ4v) is 4.76. The van der Waals surface area contributed by atoms with Crippen LogP contribution in [0.4, 0.5) is 5.69 Å². The van der Waals surface area contributed by atoms with Gasteiger partial charge in [-0.15, -0.1) is 0 Å². The minimum atomic E-state index is -1.82. The van der Waals surface area contributed by atoms with Crippen molar-refractivity contribution in [1.29, 1.82) is 0 Å². The van der Waals surface area contributed by atoms with Gasteiger partial charge in [-0.3, -0.25) is 0 Å². The molecule has 0 fully saturated rings. The van der Waals surface area contributed by atoms with E-state index < -0.39 is 18.0 Å². The van der Waals surface area contributed by atoms with E-state index in [1.165, 1.54) is 11.1 Å². The van der Waals surface area contributed by atoms with Gasteiger partial charge in [0.05, 0.1) is 11.8 Å². The first-order chi connectivity index (χ1) is 18.5. The first kappa shape index (κ1) is 29.7. The van der Waals surface area contributed by atoms with Gasteiger partial charge in [-0.25, -0.2) is 9.59 Å². The fraction of sp³-hybridized carbons (Fsp3) is 0.355. The molecule has 0 aromatic heterocycles. The summed E-state index contributed by atoms with van der Waals surface area (Å²) in [4.78, 5) is 20.5. The lowest BCUT2D eigenvalue weighted by atomic mass is 9.83. The van der Waals surface area contributed by atoms with E-state index in [1.807, 2.05) is 30.3 Å². The quantitative estimate of drug-likeness (QED) is 0.320. The molecular formula is C31H38N2O6. The zero-order chi connectivity index (χ0) is 28.6. The maximum atomic E-state index is 11.3. The number of nitrogens with zero attached hydrogens (tertiary/aromatic N) is 1. The van der Waals surface area contributed by atoms with Crippen molar-refractivity contribution in [2.75, 3.05) is 11.9 Å². The van der Waals surface area contributed by atoms with Crippen molar-refractivity contribution in [3.05, 3.63) is 95.1 Å². The van der Waals surface area contributed by atoms with Crippen LogP contribution in [0.5, 0.6) is 5.75 Å². The number of anilines is 1. The molecule has 0 heterocycles. The number of ether oxygens (including phenoxy) is 1. The Hall–Kier alpha value is -3.88. The molecule has 2 atom stereocenters. The van der Waals surface area contributed by atoms with E-state index in [2.05, 4.69) is 80.5 Å². The average molecular weight is 535 g/mol. The van der Waals surface area contributed by atoms with Gasteiger partial charge in [0.2, 0.25) is 0 Å². The Morgan fingerprint density at radius 2 is 1.49 bits per heavy atom. The van der Waals surface area contributed by atoms with Crippen molar-refractivity contribution in [3.8, 4) is 5.75 Å². The highest BCUT2D eigenvalue weighted by Crippen LogP contribution is 2.42. The number of carbonyl (C=O) groups is 2. The lowest BCUT2D eigenvalue weighted by molar-refractivity contribution is -0.159. The first-order valence-corrected chi connectivity index (χ1v) is 13.0. The van der Waals surface area contributed by atoms with E-state index in [9.17, 15) is 5.11 Å². The molecule has 0 radical (unpaired) electrons. The monoisotopic (exact) mass is 534 g/mol. The minimum absolute atomic E-state index is 0.0425. The maximum Gasteiger partial charge on any atom is 0.414 e. The van der Waals surface area contributed by atoms with Crippen LogP contribution in [-0.2, 0) is 29.2 Å². The third kappa shape index (κ3) is 8.56. The summed E-state index contributed by atoms with van der Waals surface area (Å²) < 4.78 is 6.35. The van der Waals surface area contributed by atoms with Gasteiger partial charge < -0.3 is 30.3 Å². The molecule has 0 saturated carbocycles. The summed E-state index contributed by atoms with van der Waals surface area (Å²) in [6.07, 6.45) is 1.25. The second-order valence-electron chi connectivity index (χ2n) is 10.7. The van der Waals surface area contributed by atoms with Gasteiger partial charge in [-0.05, 0) is 61.9 Å². The number of carboxylic acids is 2. The molecular weight excluding hydrogens is 496 g/mol. The van der Waals surface area contributed by atoms with Crippen LogP contribution in [0.1, 0.15) is 55.5 Å². The first-order valence-electron chi connectivity index (χ1n) is 13.0. The smallest absolute Gasteiger partial charge is 0.414 e. The van der Waals surface area contributed by atoms with Crippen LogP contribution in [0.3, 0.4) is 0 Å². The number of hydrogen-bond acceptors (Lipinski definition) is 6. The highest BCUT2D eigenvalue weighted by molar-refractivity contribution is 6.27. The molecule has 39 heavy (non-hydrogen) atoms. The number of aliphatic hydroxyl groups excluding tert-OH is 1. The Balaban J connectivity index is 0.000000631. The number of hydrogen-bond donors (Lipinski definition) is 4. The predicted molar refractivity (Wildman–Crippen MR) is 151 cm³/mol. The zero-order valence-corrected chi connectivity index (χ0v) is 22.9. The van der Waals surface area contributed by atoms with Crippen LogP contribution in [0.25, 0.3) is 0 Å². The molecule has 0 saturated heterocycles. The summed E-state index contributed by atoms with van der Waals surface area (Å²) in [5, 5.41) is 29.6. The molecule has 4 rings (SSSR count). The zero-order valence-electron chi connectivity index (χ0n) is 22.9. The van der Waals surface area contributed by atoms with Crippen LogP contribution in [0.15, 0.2) is 72.8 Å². The Morgan fingerprint density at radius 3 is 2.03 bits per heavy atom. The normalized spacial score (nSPS) is 16.3. The Bertz CT molecular complexity index is 1230. The molecule has 0 bridgehead atoms. The Morgan fingerprint density at radius 1 is 0.923 bits per heavy atom. The van der Waals surface area contributed by atoms with Gasteiger partial charge in [-0.2, -0.15) is 0 Å². The van der Waals surface area contributed by atoms with E-state index in [0.29, 0.717) is 6.61 Å². The molecule has 0 aliphatic heterocycles. The number of aliphatic hydroxyl groups is 1. The van der Waals surface area contributed by atoms with Crippen molar-refractivity contribution in [2.24, 2.45) is 0 Å². The highest BCUT2D eigenvalue weighted by Gasteiger charge is 2.33. The molecule has 8 heteroatoms. The molecule has 0 spiro atoms. The minimum Gasteiger partial charge on any atom is -0.487 e. The van der Waals surface area contributed by atoms with E-state index >= 15 is 0 Å². The van der Waals surface area contributed by atoms with Crippen LogP contribution in [0, 0.1) is 0 Å². The Kier molecular flexibility index (Phi) is 10.1. The van der Waals surface area contributed by atoms with Crippen molar-refractivity contribution >= 4 is 17.6 Å². The van der Waals surface area contributed by atoms with E-state index in [1.54, 1.807) is 0 Å². The van der Waals surface area contributed by atoms with Gasteiger partial charge in [0.1, 0.15) is 12.4 Å². The van der Waals surface area contributed by atoms with E-state index in [4.69, 9.17) is 24.5 Å². The van der Waals surface area contributed by atoms with Gasteiger partial charge in [0, 0.05) is 25.2 Å². The third-order valence-electron chi connectivity index (χ3n) is 6.37. The van der Waals surface area contributed by atoms with Crippen molar-refractivity contribution in [2.45, 2.75) is 64.4 Å². The second kappa shape index (κ2) is 13.3. The molecule has 4 N–H and O–H groups in total. The number of aliphatic carboxylic acids is 2. The summed E-state index contributed by atoms with van der Waals surface area (Å²) in [5.74, 6) is -2.78. The van der Waals surface area contributed by atoms with Gasteiger partial charge in [0.25, 0.3) is 0 Å². The number of rotatable bonds is 7. The predicted octanol–water partition coefficient (Wildman–Crippen LogP) is 4.79. The molecule has 3 aromatic rings. The summed E-state index contributed by atoms with van der Waals surface area (Å²) in [6, 6.07) is 24.9. The molecule has 0 amide bonds. The van der Waals surface area contributed by atoms with Crippen molar-refractivity contribution in [1.82, 2.24) is 5.32 Å². The molecule has 8 nitrogen and oxygen atoms in total. The summed E-state index contributed by atoms with van der Waals surface area (Å²) in [7, 11) is 2.11. The van der Waals surface area contributed by atoms with E-state index in [-0.39, 0.29) is 11.6 Å². The number of nitrogens with one attached hydrogen (secondary N) is 1. The molecule has 1 aliphatic carbocycles. The number of benzene rings is 3. The summed E-state index contributed by atoms with van der Waals surface area (Å²) in [6.45, 7) is 7.74. The van der Waals surface area contributed by atoms with Crippen LogP contribution in [0.2, 0.25) is 0 Å². The van der Waals surface area contributed by atoms with Gasteiger partial charge >= 0.3 is 11.9 Å². The topological polar surface area (TPSA) is 119 Å². The fourth-order valence-electron chi connectivity index (χ4n) is 4.76. The van der Waals surface area contributed by atoms with E-state index in [0.717, 1.165) is 42.0 Å². The van der Waals surface area contributed by atoms with Crippen LogP contribution >= 0.6 is 0 Å². The molecule has 208 valence electrons. The SMILES string of the molecule is CN(Cc1ccccc1)c1c(OCc2ccccc2)ccc2c1CC[C@@H](NC(C)(C)C)[C@H]2O.O=C(O)C(=O)O.